The van der Waals surface area contributed by atoms with Crippen molar-refractivity contribution in [3.63, 3.8) is 0 Å². The van der Waals surface area contributed by atoms with Crippen LogP contribution in [0.3, 0.4) is 0 Å². The normalized spacial score (nSPS) is 11.4. The molecule has 8 rings (SSSR count). The largest absolute Gasteiger partial charge is 0.356 e. The van der Waals surface area contributed by atoms with Gasteiger partial charge in [0.2, 0.25) is 0 Å². The molecule has 2 N–H and O–H groups in total. The highest BCUT2D eigenvalue weighted by atomic mass is 14.9. The minimum atomic E-state index is 0.484. The number of rotatable bonds is 11. The molecule has 0 saturated heterocycles. The van der Waals surface area contributed by atoms with E-state index in [0.717, 1.165) is 29.2 Å². The van der Waals surface area contributed by atoms with Crippen LogP contribution in [0.2, 0.25) is 0 Å². The predicted octanol–water partition coefficient (Wildman–Crippen LogP) is 15.6. The third-order valence-electron chi connectivity index (χ3n) is 11.0. The fourth-order valence-electron chi connectivity index (χ4n) is 7.93. The molecule has 0 amide bonds. The number of nitrogens with one attached hydrogen (secondary N) is 2. The maximum absolute atomic E-state index is 3.68. The molecule has 2 heteroatoms. The first-order valence-corrected chi connectivity index (χ1v) is 19.8. The van der Waals surface area contributed by atoms with Crippen molar-refractivity contribution in [2.45, 2.75) is 59.8 Å². The second-order valence-corrected chi connectivity index (χ2v) is 15.4. The van der Waals surface area contributed by atoms with Crippen molar-refractivity contribution in [2.24, 2.45) is 0 Å². The van der Waals surface area contributed by atoms with Gasteiger partial charge in [-0.2, -0.15) is 0 Å². The summed E-state index contributed by atoms with van der Waals surface area (Å²) in [7, 11) is 0. The van der Waals surface area contributed by atoms with E-state index < -0.39 is 0 Å². The number of unbranched alkanes of at least 4 members (excludes halogenated alkanes) is 1. The van der Waals surface area contributed by atoms with Gasteiger partial charge in [-0.25, -0.2) is 0 Å². The van der Waals surface area contributed by atoms with Gasteiger partial charge in [-0.15, -0.1) is 0 Å². The van der Waals surface area contributed by atoms with Crippen LogP contribution in [0.25, 0.3) is 54.9 Å². The topological polar surface area (TPSA) is 24.1 Å². The van der Waals surface area contributed by atoms with Crippen LogP contribution in [0, 0.1) is 13.8 Å². The van der Waals surface area contributed by atoms with Crippen molar-refractivity contribution in [1.29, 1.82) is 0 Å². The van der Waals surface area contributed by atoms with E-state index in [1.54, 1.807) is 0 Å². The van der Waals surface area contributed by atoms with Gasteiger partial charge in [-0.1, -0.05) is 124 Å². The Morgan fingerprint density at radius 1 is 0.455 bits per heavy atom. The second kappa shape index (κ2) is 15.7. The number of anilines is 4. The molecule has 0 aromatic heterocycles. The highest BCUT2D eigenvalue weighted by Gasteiger charge is 2.16. The quantitative estimate of drug-likeness (QED) is 0.139. The monoisotopic (exact) mass is 714 g/mol. The van der Waals surface area contributed by atoms with Crippen LogP contribution in [-0.4, -0.2) is 0 Å². The molecule has 0 fully saturated rings. The molecule has 0 saturated carbocycles. The van der Waals surface area contributed by atoms with Crippen LogP contribution in [0.1, 0.15) is 61.8 Å². The van der Waals surface area contributed by atoms with Crippen molar-refractivity contribution in [1.82, 2.24) is 0 Å². The summed E-state index contributed by atoms with van der Waals surface area (Å²) in [5.41, 5.74) is 17.1. The second-order valence-electron chi connectivity index (χ2n) is 15.4. The molecule has 0 heterocycles. The Kier molecular flexibility index (Phi) is 10.2. The first-order valence-electron chi connectivity index (χ1n) is 19.8. The van der Waals surface area contributed by atoms with E-state index in [0.29, 0.717) is 5.92 Å². The molecule has 0 aliphatic heterocycles. The van der Waals surface area contributed by atoms with Crippen LogP contribution in [0.15, 0.2) is 158 Å². The minimum absolute atomic E-state index is 0.484. The lowest BCUT2D eigenvalue weighted by molar-refractivity contribution is 0.795. The van der Waals surface area contributed by atoms with Crippen molar-refractivity contribution < 1.29 is 0 Å². The van der Waals surface area contributed by atoms with Gasteiger partial charge in [-0.05, 0) is 170 Å². The van der Waals surface area contributed by atoms with Gasteiger partial charge in [0.15, 0.2) is 0 Å². The molecule has 55 heavy (non-hydrogen) atoms. The number of hydrogen-bond acceptors (Lipinski definition) is 2. The first kappa shape index (κ1) is 35.9. The Labute approximate surface area is 326 Å². The molecule has 2 nitrogen and oxygen atoms in total. The van der Waals surface area contributed by atoms with Crippen LogP contribution in [0.4, 0.5) is 22.7 Å². The number of hydrogen-bond donors (Lipinski definition) is 2. The summed E-state index contributed by atoms with van der Waals surface area (Å²) >= 11 is 0. The Morgan fingerprint density at radius 2 is 0.909 bits per heavy atom. The van der Waals surface area contributed by atoms with Crippen LogP contribution in [0.5, 0.6) is 0 Å². The van der Waals surface area contributed by atoms with E-state index in [2.05, 4.69) is 203 Å². The van der Waals surface area contributed by atoms with Crippen molar-refractivity contribution >= 4 is 44.3 Å². The molecule has 0 radical (unpaired) electrons. The fraction of sp³-hybridized carbons (Fsp3) is 0.170. The maximum Gasteiger partial charge on any atom is 0.0390 e. The lowest BCUT2D eigenvalue weighted by Crippen LogP contribution is -1.94. The Hall–Kier alpha value is -6.12. The summed E-state index contributed by atoms with van der Waals surface area (Å²) in [4.78, 5) is 0. The van der Waals surface area contributed by atoms with Crippen LogP contribution >= 0.6 is 0 Å². The zero-order valence-electron chi connectivity index (χ0n) is 32.7. The fourth-order valence-corrected chi connectivity index (χ4v) is 7.93. The van der Waals surface area contributed by atoms with Gasteiger partial charge < -0.3 is 10.6 Å². The molecule has 272 valence electrons. The molecule has 8 aromatic carbocycles. The van der Waals surface area contributed by atoms with Gasteiger partial charge >= 0.3 is 0 Å². The van der Waals surface area contributed by atoms with Gasteiger partial charge in [0.1, 0.15) is 0 Å². The van der Waals surface area contributed by atoms with E-state index in [4.69, 9.17) is 0 Å². The van der Waals surface area contributed by atoms with Gasteiger partial charge in [0.05, 0.1) is 0 Å². The summed E-state index contributed by atoms with van der Waals surface area (Å²) < 4.78 is 0. The molecule has 0 spiro atoms. The highest BCUT2D eigenvalue weighted by Crippen LogP contribution is 2.42. The number of aryl methyl sites for hydroxylation is 3. The molecule has 8 aromatic rings. The highest BCUT2D eigenvalue weighted by molar-refractivity contribution is 6.09. The van der Waals surface area contributed by atoms with E-state index in [9.17, 15) is 0 Å². The van der Waals surface area contributed by atoms with Crippen LogP contribution in [-0.2, 0) is 6.42 Å². The molecule has 0 unspecified atom stereocenters. The molecule has 0 aliphatic rings. The summed E-state index contributed by atoms with van der Waals surface area (Å²) in [5, 5.41) is 12.4. The van der Waals surface area contributed by atoms with Crippen molar-refractivity contribution in [3.8, 4) is 33.4 Å². The Bertz CT molecular complexity index is 2650. The van der Waals surface area contributed by atoms with Crippen LogP contribution < -0.4 is 10.6 Å². The average Bonchev–Trinajstić information content (AvgIpc) is 3.20. The third-order valence-corrected chi connectivity index (χ3v) is 11.0. The Morgan fingerprint density at radius 3 is 1.44 bits per heavy atom. The maximum atomic E-state index is 3.68. The smallest absolute Gasteiger partial charge is 0.0390 e. The number of benzene rings is 8. The molecule has 0 bridgehead atoms. The summed E-state index contributed by atoms with van der Waals surface area (Å²) in [6.07, 6.45) is 3.53. The summed E-state index contributed by atoms with van der Waals surface area (Å²) in [5.74, 6) is 0.484. The number of fused-ring (bicyclic) bond motifs is 2. The Balaban J connectivity index is 1.17. The standard InChI is InChI=1S/C53H50N2/c1-6-7-12-38-13-8-17-46(29-38)54-48-19-10-15-42(31-48)44-27-25-39-23-21-36(4)52(50(39)33-44)53-37(5)22-24-40-26-28-45(34-51(40)53)43-16-11-20-49(32-43)55-47-18-9-14-41(30-47)35(2)3/h8-11,13-35,54-55H,6-7,12H2,1-5H3. The molecular weight excluding hydrogens is 665 g/mol. The van der Waals surface area contributed by atoms with Crippen molar-refractivity contribution in [2.75, 3.05) is 10.6 Å². The molecule has 0 atom stereocenters. The van der Waals surface area contributed by atoms with E-state index in [1.165, 1.54) is 90.0 Å². The van der Waals surface area contributed by atoms with E-state index in [1.807, 2.05) is 0 Å². The minimum Gasteiger partial charge on any atom is -0.356 e. The lowest BCUT2D eigenvalue weighted by Gasteiger charge is -2.18. The average molecular weight is 715 g/mol. The van der Waals surface area contributed by atoms with Gasteiger partial charge in [-0.3, -0.25) is 0 Å². The summed E-state index contributed by atoms with van der Waals surface area (Å²) in [6.45, 7) is 11.2. The molecular formula is C53H50N2. The van der Waals surface area contributed by atoms with Crippen molar-refractivity contribution in [3.05, 3.63) is 180 Å². The lowest BCUT2D eigenvalue weighted by atomic mass is 9.86. The first-order chi connectivity index (χ1) is 26.8. The zero-order valence-corrected chi connectivity index (χ0v) is 32.7. The van der Waals surface area contributed by atoms with E-state index >= 15 is 0 Å². The predicted molar refractivity (Wildman–Crippen MR) is 239 cm³/mol. The summed E-state index contributed by atoms with van der Waals surface area (Å²) in [6, 6.07) is 58.1. The molecule has 0 aliphatic carbocycles. The van der Waals surface area contributed by atoms with Gasteiger partial charge in [0.25, 0.3) is 0 Å². The SMILES string of the molecule is CCCCc1cccc(Nc2cccc(-c3ccc4ccc(C)c(-c5c(C)ccc6ccc(-c7cccc(Nc8cccc(C(C)C)c8)c7)cc56)c4c3)c2)c1. The van der Waals surface area contributed by atoms with Gasteiger partial charge in [0, 0.05) is 22.7 Å². The zero-order chi connectivity index (χ0) is 37.9. The van der Waals surface area contributed by atoms with E-state index in [-0.39, 0.29) is 0 Å². The third kappa shape index (κ3) is 7.77.